The van der Waals surface area contributed by atoms with E-state index in [9.17, 15) is 20.1 Å². The predicted octanol–water partition coefficient (Wildman–Crippen LogP) is 0.721. The maximum absolute atomic E-state index is 11.5. The lowest BCUT2D eigenvalue weighted by Gasteiger charge is -2.45. The SMILES string of the molecule is CC1(C(=O)O)CC2CC1C1C3CC(C(O)C3O)C21. The highest BCUT2D eigenvalue weighted by molar-refractivity contribution is 5.75. The normalized spacial score (nSPS) is 64.4. The average Bonchev–Trinajstić information content (AvgIpc) is 2.98. The number of carboxylic acids is 1. The molecule has 4 aliphatic carbocycles. The molecule has 0 spiro atoms. The molecule has 18 heavy (non-hydrogen) atoms. The summed E-state index contributed by atoms with van der Waals surface area (Å²) in [6, 6.07) is 0. The van der Waals surface area contributed by atoms with Gasteiger partial charge in [0.25, 0.3) is 0 Å². The van der Waals surface area contributed by atoms with E-state index in [1.165, 1.54) is 0 Å². The van der Waals surface area contributed by atoms with Gasteiger partial charge in [-0.25, -0.2) is 0 Å². The van der Waals surface area contributed by atoms with Crippen molar-refractivity contribution in [2.75, 3.05) is 0 Å². The van der Waals surface area contributed by atoms with Crippen molar-refractivity contribution in [1.82, 2.24) is 0 Å². The van der Waals surface area contributed by atoms with Gasteiger partial charge in [0.2, 0.25) is 0 Å². The van der Waals surface area contributed by atoms with Gasteiger partial charge in [-0.15, -0.1) is 0 Å². The number of aliphatic hydroxyl groups is 2. The minimum absolute atomic E-state index is 0.143. The second-order valence-corrected chi connectivity index (χ2v) is 7.23. The second kappa shape index (κ2) is 3.10. The number of aliphatic hydroxyl groups excluding tert-OH is 2. The van der Waals surface area contributed by atoms with Crippen LogP contribution in [0.5, 0.6) is 0 Å². The lowest BCUT2D eigenvalue weighted by atomic mass is 9.60. The molecule has 0 saturated heterocycles. The summed E-state index contributed by atoms with van der Waals surface area (Å²) in [6.07, 6.45) is 1.48. The first-order valence-electron chi connectivity index (χ1n) is 7.04. The smallest absolute Gasteiger partial charge is 0.309 e. The number of carboxylic acid groups (broad SMARTS) is 1. The number of fused-ring (bicyclic) bond motifs is 9. The first-order valence-corrected chi connectivity index (χ1v) is 7.04. The molecule has 9 unspecified atom stereocenters. The maximum Gasteiger partial charge on any atom is 0.309 e. The van der Waals surface area contributed by atoms with Crippen LogP contribution in [0.1, 0.15) is 26.2 Å². The molecule has 0 aromatic heterocycles. The molecule has 4 bridgehead atoms. The van der Waals surface area contributed by atoms with E-state index in [0.717, 1.165) is 19.3 Å². The summed E-state index contributed by atoms with van der Waals surface area (Å²) in [5.74, 6) is 1.18. The molecule has 0 aliphatic heterocycles. The molecule has 3 N–H and O–H groups in total. The Hall–Kier alpha value is -0.610. The van der Waals surface area contributed by atoms with Gasteiger partial charge in [-0.2, -0.15) is 0 Å². The minimum Gasteiger partial charge on any atom is -0.481 e. The van der Waals surface area contributed by atoms with Crippen molar-refractivity contribution in [2.45, 2.75) is 38.4 Å². The van der Waals surface area contributed by atoms with Gasteiger partial charge in [0.15, 0.2) is 0 Å². The molecule has 100 valence electrons. The summed E-state index contributed by atoms with van der Waals surface area (Å²) in [5.41, 5.74) is -0.596. The largest absolute Gasteiger partial charge is 0.481 e. The molecule has 0 aromatic rings. The van der Waals surface area contributed by atoms with Gasteiger partial charge in [0, 0.05) is 0 Å². The third-order valence-corrected chi connectivity index (χ3v) is 6.76. The van der Waals surface area contributed by atoms with E-state index in [4.69, 9.17) is 0 Å². The van der Waals surface area contributed by atoms with Gasteiger partial charge < -0.3 is 15.3 Å². The topological polar surface area (TPSA) is 77.8 Å². The summed E-state index contributed by atoms with van der Waals surface area (Å²) in [5, 5.41) is 29.6. The molecule has 9 atom stereocenters. The Balaban J connectivity index is 1.72. The van der Waals surface area contributed by atoms with Crippen molar-refractivity contribution in [2.24, 2.45) is 40.9 Å². The zero-order chi connectivity index (χ0) is 12.8. The Labute approximate surface area is 106 Å². The van der Waals surface area contributed by atoms with Crippen LogP contribution in [-0.2, 0) is 4.79 Å². The molecular formula is C14H20O4. The van der Waals surface area contributed by atoms with Crippen LogP contribution >= 0.6 is 0 Å². The number of hydrogen-bond acceptors (Lipinski definition) is 3. The number of aliphatic carboxylic acids is 1. The number of hydrogen-bond donors (Lipinski definition) is 3. The van der Waals surface area contributed by atoms with E-state index in [1.807, 2.05) is 6.92 Å². The van der Waals surface area contributed by atoms with E-state index in [2.05, 4.69) is 0 Å². The number of rotatable bonds is 1. The van der Waals surface area contributed by atoms with E-state index >= 15 is 0 Å². The van der Waals surface area contributed by atoms with Gasteiger partial charge in [0.05, 0.1) is 17.6 Å². The lowest BCUT2D eigenvalue weighted by Crippen LogP contribution is -2.49. The van der Waals surface area contributed by atoms with Crippen LogP contribution in [0.25, 0.3) is 0 Å². The number of carbonyl (C=O) groups is 1. The van der Waals surface area contributed by atoms with Crippen LogP contribution in [0, 0.1) is 40.9 Å². The maximum atomic E-state index is 11.5. The summed E-state index contributed by atoms with van der Waals surface area (Å²) in [7, 11) is 0. The highest BCUT2D eigenvalue weighted by Gasteiger charge is 2.71. The van der Waals surface area contributed by atoms with Crippen LogP contribution in [0.15, 0.2) is 0 Å². The molecule has 0 aromatic carbocycles. The molecule has 0 heterocycles. The van der Waals surface area contributed by atoms with E-state index in [0.29, 0.717) is 17.8 Å². The van der Waals surface area contributed by atoms with Gasteiger partial charge in [0.1, 0.15) is 0 Å². The monoisotopic (exact) mass is 252 g/mol. The molecule has 4 nitrogen and oxygen atoms in total. The lowest BCUT2D eigenvalue weighted by molar-refractivity contribution is -0.157. The summed E-state index contributed by atoms with van der Waals surface area (Å²) in [4.78, 5) is 11.5. The van der Waals surface area contributed by atoms with Gasteiger partial charge in [-0.1, -0.05) is 0 Å². The van der Waals surface area contributed by atoms with Crippen LogP contribution in [0.4, 0.5) is 0 Å². The molecule has 0 amide bonds. The molecule has 4 rings (SSSR count). The van der Waals surface area contributed by atoms with Crippen molar-refractivity contribution >= 4 is 5.97 Å². The first kappa shape index (κ1) is 11.2. The molecule has 4 aliphatic rings. The van der Waals surface area contributed by atoms with Crippen LogP contribution in [0.3, 0.4) is 0 Å². The van der Waals surface area contributed by atoms with Gasteiger partial charge in [-0.05, 0) is 61.7 Å². The third kappa shape index (κ3) is 1.00. The van der Waals surface area contributed by atoms with Crippen LogP contribution < -0.4 is 0 Å². The zero-order valence-electron chi connectivity index (χ0n) is 10.5. The molecule has 4 heteroatoms. The van der Waals surface area contributed by atoms with Crippen LogP contribution in [0.2, 0.25) is 0 Å². The van der Waals surface area contributed by atoms with E-state index in [1.54, 1.807) is 0 Å². The van der Waals surface area contributed by atoms with E-state index in [-0.39, 0.29) is 17.8 Å². The second-order valence-electron chi connectivity index (χ2n) is 7.23. The Bertz CT molecular complexity index is 422. The molecule has 4 saturated carbocycles. The Morgan fingerprint density at radius 1 is 1.11 bits per heavy atom. The first-order chi connectivity index (χ1) is 8.45. The molecule has 4 fully saturated rings. The predicted molar refractivity (Wildman–Crippen MR) is 62.5 cm³/mol. The standard InChI is InChI=1S/C14H20O4/c1-14(13(17)18)4-5-2-8(14)10-7-3-6(9(5)10)11(15)12(7)16/h5-12,15-16H,2-4H2,1H3,(H,17,18). The van der Waals surface area contributed by atoms with Crippen LogP contribution in [-0.4, -0.2) is 33.5 Å². The Kier molecular flexibility index (Phi) is 1.93. The Morgan fingerprint density at radius 3 is 2.33 bits per heavy atom. The van der Waals surface area contributed by atoms with Gasteiger partial charge in [-0.3, -0.25) is 4.79 Å². The highest BCUT2D eigenvalue weighted by atomic mass is 16.4. The van der Waals surface area contributed by atoms with Crippen molar-refractivity contribution in [3.8, 4) is 0 Å². The fourth-order valence-corrected chi connectivity index (χ4v) is 6.16. The summed E-state index contributed by atoms with van der Waals surface area (Å²) in [6.45, 7) is 1.88. The quantitative estimate of drug-likeness (QED) is 0.601. The van der Waals surface area contributed by atoms with E-state index < -0.39 is 23.6 Å². The van der Waals surface area contributed by atoms with Gasteiger partial charge >= 0.3 is 5.97 Å². The summed E-state index contributed by atoms with van der Waals surface area (Å²) >= 11 is 0. The van der Waals surface area contributed by atoms with Crippen molar-refractivity contribution in [1.29, 1.82) is 0 Å². The summed E-state index contributed by atoms with van der Waals surface area (Å²) < 4.78 is 0. The third-order valence-electron chi connectivity index (χ3n) is 6.76. The zero-order valence-corrected chi connectivity index (χ0v) is 10.5. The average molecular weight is 252 g/mol. The minimum atomic E-state index is -0.675. The molecule has 0 radical (unpaired) electrons. The van der Waals surface area contributed by atoms with Crippen molar-refractivity contribution < 1.29 is 20.1 Å². The Morgan fingerprint density at radius 2 is 1.72 bits per heavy atom. The fourth-order valence-electron chi connectivity index (χ4n) is 6.16. The van der Waals surface area contributed by atoms with Crippen molar-refractivity contribution in [3.05, 3.63) is 0 Å². The fraction of sp³-hybridized carbons (Fsp3) is 0.929. The molecular weight excluding hydrogens is 232 g/mol. The highest BCUT2D eigenvalue weighted by Crippen LogP contribution is 2.71. The van der Waals surface area contributed by atoms with Crippen molar-refractivity contribution in [3.63, 3.8) is 0 Å².